The maximum absolute atomic E-state index is 15.8. The van der Waals surface area contributed by atoms with Crippen molar-refractivity contribution in [2.45, 2.75) is 55.3 Å². The molecule has 3 N–H and O–H groups in total. The van der Waals surface area contributed by atoms with E-state index in [9.17, 15) is 22.8 Å². The number of hydrogen-bond donors (Lipinski definition) is 3. The zero-order valence-corrected chi connectivity index (χ0v) is 25.1. The number of imidazole rings is 1. The van der Waals surface area contributed by atoms with Gasteiger partial charge in [0.25, 0.3) is 0 Å². The highest BCUT2D eigenvalue weighted by molar-refractivity contribution is 8.41. The van der Waals surface area contributed by atoms with E-state index in [0.29, 0.717) is 0 Å². The number of nitrogen functional groups attached to an aromatic ring is 1. The number of aromatic nitrogens is 7. The van der Waals surface area contributed by atoms with Crippen LogP contribution in [0.2, 0.25) is 0 Å². The van der Waals surface area contributed by atoms with Crippen LogP contribution in [-0.2, 0) is 38.3 Å². The number of aliphatic hydroxyl groups excluding tert-OH is 1. The molecule has 3 saturated heterocycles. The standard InChI is InChI=1S/C22H22F4N8O8P2S/c23-12-16-11(40-20(12)33-7-30-14-18(27)28-6-29-19(14)33)5-38-44(45)42-17-15(35)10(4-37-43(36)41-16)39-21(17)34-9-3-1-2-8(22(24,25)26)13(9)31-32-34/h1-3,6-7,10-12,15-17,20-21,35,43,45H,4-5H2,(H2,27,28,29)/t10-,11-,12-,15-,16-,17-,20-,21-,44+/m1/s1. The predicted molar refractivity (Wildman–Crippen MR) is 148 cm³/mol. The lowest BCUT2D eigenvalue weighted by atomic mass is 10.1. The Hall–Kier alpha value is -2.58. The van der Waals surface area contributed by atoms with Crippen LogP contribution in [0.25, 0.3) is 22.2 Å². The summed E-state index contributed by atoms with van der Waals surface area (Å²) in [4.78, 5) is 12.1. The summed E-state index contributed by atoms with van der Waals surface area (Å²) in [6, 6.07) is 3.38. The first-order valence-electron chi connectivity index (χ1n) is 13.1. The maximum Gasteiger partial charge on any atom is 0.418 e. The van der Waals surface area contributed by atoms with Crippen molar-refractivity contribution >= 4 is 56.1 Å². The number of fused-ring (bicyclic) bond motifs is 5. The molecule has 6 heterocycles. The summed E-state index contributed by atoms with van der Waals surface area (Å²) in [5, 5.41) is 18.6. The molecule has 10 atom stereocenters. The van der Waals surface area contributed by atoms with Gasteiger partial charge in [-0.25, -0.2) is 24.0 Å². The average molecular weight is 696 g/mol. The zero-order chi connectivity index (χ0) is 31.6. The summed E-state index contributed by atoms with van der Waals surface area (Å²) in [6.45, 7) is -0.906. The molecule has 242 valence electrons. The summed E-state index contributed by atoms with van der Waals surface area (Å²) in [5.74, 6) is 0.0719. The highest BCUT2D eigenvalue weighted by Gasteiger charge is 2.51. The van der Waals surface area contributed by atoms with E-state index in [4.69, 9.17) is 33.3 Å². The molecule has 23 heteroatoms. The van der Waals surface area contributed by atoms with Crippen LogP contribution in [0.3, 0.4) is 0 Å². The minimum Gasteiger partial charge on any atom is -0.387 e. The van der Waals surface area contributed by atoms with Gasteiger partial charge in [0.1, 0.15) is 47.9 Å². The SMILES string of the molecule is Nc1ncnc2c1ncn2[C@@H]1O[C@@H]2CO[P@](S)O[C@@H]3[C@H](O)[C@@H](CO[PH](=O)O[C@H]2[C@H]1F)O[C@H]3n1nnc2c(C(F)(F)F)cccc21. The number of alkyl halides is 4. The van der Waals surface area contributed by atoms with Crippen LogP contribution in [0.5, 0.6) is 0 Å². The molecular weight excluding hydrogens is 674 g/mol. The van der Waals surface area contributed by atoms with Crippen molar-refractivity contribution in [1.29, 1.82) is 0 Å². The first kappa shape index (κ1) is 31.0. The molecule has 1 aromatic carbocycles. The zero-order valence-electron chi connectivity index (χ0n) is 22.3. The van der Waals surface area contributed by atoms with Gasteiger partial charge >= 0.3 is 14.4 Å². The fraction of sp³-hybridized carbons (Fsp3) is 0.500. The summed E-state index contributed by atoms with van der Waals surface area (Å²) in [5.41, 5.74) is 4.72. The van der Waals surface area contributed by atoms with Gasteiger partial charge in [0, 0.05) is 0 Å². The van der Waals surface area contributed by atoms with E-state index in [-0.39, 0.29) is 29.1 Å². The topological polar surface area (TPSA) is 193 Å². The molecule has 45 heavy (non-hydrogen) atoms. The average Bonchev–Trinajstić information content (AvgIpc) is 3.76. The number of halogens is 4. The summed E-state index contributed by atoms with van der Waals surface area (Å²) in [6.07, 6.45) is -13.5. The Bertz CT molecular complexity index is 1750. The van der Waals surface area contributed by atoms with Crippen molar-refractivity contribution in [3.63, 3.8) is 0 Å². The van der Waals surface area contributed by atoms with E-state index >= 15 is 4.39 Å². The van der Waals surface area contributed by atoms with E-state index in [1.165, 1.54) is 29.4 Å². The Morgan fingerprint density at radius 2 is 1.89 bits per heavy atom. The van der Waals surface area contributed by atoms with Crippen molar-refractivity contribution < 1.29 is 54.8 Å². The molecular formula is C22H22F4N8O8P2S. The highest BCUT2D eigenvalue weighted by Crippen LogP contribution is 2.51. The van der Waals surface area contributed by atoms with Gasteiger partial charge in [0.15, 0.2) is 30.1 Å². The fourth-order valence-corrected chi connectivity index (χ4v) is 7.53. The smallest absolute Gasteiger partial charge is 0.387 e. The Morgan fingerprint density at radius 3 is 2.69 bits per heavy atom. The molecule has 0 spiro atoms. The van der Waals surface area contributed by atoms with Gasteiger partial charge in [-0.15, -0.1) is 5.10 Å². The molecule has 3 aliphatic rings. The first-order chi connectivity index (χ1) is 21.5. The molecule has 0 amide bonds. The third kappa shape index (κ3) is 5.58. The van der Waals surface area contributed by atoms with Crippen LogP contribution < -0.4 is 5.73 Å². The van der Waals surface area contributed by atoms with Gasteiger partial charge in [0.05, 0.1) is 30.6 Å². The number of thiol groups is 1. The van der Waals surface area contributed by atoms with E-state index in [1.54, 1.807) is 0 Å². The first-order valence-corrected chi connectivity index (χ1v) is 16.7. The van der Waals surface area contributed by atoms with Crippen LogP contribution in [0, 0.1) is 0 Å². The lowest BCUT2D eigenvalue weighted by Gasteiger charge is -2.25. The molecule has 4 aromatic rings. The summed E-state index contributed by atoms with van der Waals surface area (Å²) < 4.78 is 106. The monoisotopic (exact) mass is 696 g/mol. The van der Waals surface area contributed by atoms with Crippen LogP contribution in [0.15, 0.2) is 30.9 Å². The quantitative estimate of drug-likeness (QED) is 0.157. The van der Waals surface area contributed by atoms with Crippen molar-refractivity contribution in [3.05, 3.63) is 36.4 Å². The molecule has 0 aliphatic carbocycles. The molecule has 3 aromatic heterocycles. The molecule has 3 aliphatic heterocycles. The lowest BCUT2D eigenvalue weighted by Crippen LogP contribution is -2.35. The molecule has 16 nitrogen and oxygen atoms in total. The second-order valence-corrected chi connectivity index (χ2v) is 13.0. The summed E-state index contributed by atoms with van der Waals surface area (Å²) in [7, 11) is -5.61. The highest BCUT2D eigenvalue weighted by atomic mass is 32.7. The van der Waals surface area contributed by atoms with Gasteiger partial charge in [-0.3, -0.25) is 9.13 Å². The van der Waals surface area contributed by atoms with Crippen LogP contribution in [-0.4, -0.2) is 89.5 Å². The molecule has 0 radical (unpaired) electrons. The van der Waals surface area contributed by atoms with Crippen LogP contribution in [0.1, 0.15) is 18.0 Å². The van der Waals surface area contributed by atoms with Gasteiger partial charge < -0.3 is 38.4 Å². The number of ether oxygens (including phenoxy) is 2. The number of nitrogens with two attached hydrogens (primary N) is 1. The molecule has 7 rings (SSSR count). The number of rotatable bonds is 2. The third-order valence-corrected chi connectivity index (χ3v) is 9.74. The number of hydrogen-bond acceptors (Lipinski definition) is 15. The largest absolute Gasteiger partial charge is 0.418 e. The minimum absolute atomic E-state index is 0.0547. The molecule has 3 fully saturated rings. The van der Waals surface area contributed by atoms with Crippen molar-refractivity contribution in [2.24, 2.45) is 0 Å². The molecule has 1 unspecified atom stereocenters. The number of nitrogens with zero attached hydrogens (tertiary/aromatic N) is 7. The van der Waals surface area contributed by atoms with Gasteiger partial charge in [-0.1, -0.05) is 23.5 Å². The molecule has 0 saturated carbocycles. The lowest BCUT2D eigenvalue weighted by molar-refractivity contribution is -0.136. The van der Waals surface area contributed by atoms with Crippen molar-refractivity contribution in [3.8, 4) is 0 Å². The normalized spacial score (nSPS) is 34.8. The maximum atomic E-state index is 15.8. The van der Waals surface area contributed by atoms with E-state index in [2.05, 4.69) is 37.5 Å². The number of aliphatic hydroxyl groups is 1. The van der Waals surface area contributed by atoms with Crippen LogP contribution >= 0.6 is 28.1 Å². The van der Waals surface area contributed by atoms with E-state index < -0.39 is 88.8 Å². The minimum atomic E-state index is -4.71. The van der Waals surface area contributed by atoms with Gasteiger partial charge in [0.2, 0.25) is 7.58 Å². The predicted octanol–water partition coefficient (Wildman–Crippen LogP) is 2.73. The third-order valence-electron chi connectivity index (χ3n) is 7.45. The van der Waals surface area contributed by atoms with Gasteiger partial charge in [-0.2, -0.15) is 13.2 Å². The second kappa shape index (κ2) is 11.9. The number of benzene rings is 1. The van der Waals surface area contributed by atoms with Crippen LogP contribution in [0.4, 0.5) is 23.4 Å². The van der Waals surface area contributed by atoms with Gasteiger partial charge in [-0.05, 0) is 12.1 Å². The van der Waals surface area contributed by atoms with Crippen molar-refractivity contribution in [1.82, 2.24) is 34.5 Å². The molecule has 2 bridgehead atoms. The fourth-order valence-electron chi connectivity index (χ4n) is 5.36. The van der Waals surface area contributed by atoms with E-state index in [1.807, 2.05) is 0 Å². The Morgan fingerprint density at radius 1 is 1.09 bits per heavy atom. The Kier molecular flexibility index (Phi) is 8.21. The number of anilines is 1. The van der Waals surface area contributed by atoms with Crippen molar-refractivity contribution in [2.75, 3.05) is 18.9 Å². The summed E-state index contributed by atoms with van der Waals surface area (Å²) >= 11 is 4.34. The van der Waals surface area contributed by atoms with E-state index in [0.717, 1.165) is 10.7 Å². The second-order valence-electron chi connectivity index (χ2n) is 10.1. The Labute approximate surface area is 256 Å². The Balaban J connectivity index is 1.15.